The number of hydrogen-bond acceptors (Lipinski definition) is 1. The second-order valence-corrected chi connectivity index (χ2v) is 12.4. The van der Waals surface area contributed by atoms with Gasteiger partial charge in [-0.2, -0.15) is 0 Å². The molecule has 1 nitrogen and oxygen atoms in total. The highest BCUT2D eigenvalue weighted by atomic mass is 79.9. The van der Waals surface area contributed by atoms with Gasteiger partial charge in [-0.3, -0.25) is 0 Å². The zero-order chi connectivity index (χ0) is 27.7. The number of allylic oxidation sites excluding steroid dienone is 1. The summed E-state index contributed by atoms with van der Waals surface area (Å²) < 4.78 is 2.04. The van der Waals surface area contributed by atoms with E-state index in [0.717, 1.165) is 37.6 Å². The first-order valence-corrected chi connectivity index (χ1v) is 15.3. The molecule has 0 spiro atoms. The van der Waals surface area contributed by atoms with Gasteiger partial charge in [-0.1, -0.05) is 141 Å². The van der Waals surface area contributed by atoms with Crippen LogP contribution in [0.2, 0.25) is 5.02 Å². The molecule has 0 bridgehead atoms. The summed E-state index contributed by atoms with van der Waals surface area (Å²) in [4.78, 5) is 0. The van der Waals surface area contributed by atoms with Crippen LogP contribution in [-0.4, -0.2) is 5.11 Å². The van der Waals surface area contributed by atoms with Crippen molar-refractivity contribution in [3.05, 3.63) is 158 Å². The van der Waals surface area contributed by atoms with Gasteiger partial charge in [0, 0.05) is 19.5 Å². The van der Waals surface area contributed by atoms with E-state index in [-0.39, 0.29) is 5.92 Å². The summed E-state index contributed by atoms with van der Waals surface area (Å²) in [6.07, 6.45) is 3.31. The van der Waals surface area contributed by atoms with Crippen LogP contribution >= 0.6 is 43.5 Å². The Morgan fingerprint density at radius 2 is 1.23 bits per heavy atom. The largest absolute Gasteiger partial charge is 0.381 e. The molecule has 0 saturated heterocycles. The smallest absolute Gasteiger partial charge is 0.110 e. The molecule has 0 fully saturated rings. The van der Waals surface area contributed by atoms with Gasteiger partial charge < -0.3 is 5.11 Å². The van der Waals surface area contributed by atoms with Crippen molar-refractivity contribution >= 4 is 49.0 Å². The first kappa shape index (κ1) is 27.2. The summed E-state index contributed by atoms with van der Waals surface area (Å²) in [5.74, 6) is 0.0371. The molecule has 0 radical (unpaired) electrons. The van der Waals surface area contributed by atoms with Crippen molar-refractivity contribution in [3.63, 3.8) is 0 Å². The number of aliphatic hydroxyl groups is 1. The first-order chi connectivity index (χ1) is 19.4. The number of halogens is 3. The van der Waals surface area contributed by atoms with E-state index in [1.807, 2.05) is 60.7 Å². The van der Waals surface area contributed by atoms with Crippen molar-refractivity contribution < 1.29 is 5.11 Å². The Morgan fingerprint density at radius 1 is 0.650 bits per heavy atom. The summed E-state index contributed by atoms with van der Waals surface area (Å²) in [6, 6.07) is 41.4. The van der Waals surface area contributed by atoms with Gasteiger partial charge in [0.15, 0.2) is 0 Å². The molecule has 2 atom stereocenters. The number of hydrogen-bond donors (Lipinski definition) is 1. The predicted molar refractivity (Wildman–Crippen MR) is 174 cm³/mol. The van der Waals surface area contributed by atoms with E-state index in [4.69, 9.17) is 11.6 Å². The summed E-state index contributed by atoms with van der Waals surface area (Å²) in [5, 5.41) is 12.9. The Hall–Kier alpha value is -2.95. The molecular formula is C36H27Br2ClO. The normalized spacial score (nSPS) is 18.8. The van der Waals surface area contributed by atoms with Crippen LogP contribution in [0.1, 0.15) is 35.4 Å². The van der Waals surface area contributed by atoms with Crippen LogP contribution in [0.4, 0.5) is 0 Å². The third kappa shape index (κ3) is 5.36. The lowest BCUT2D eigenvalue weighted by molar-refractivity contribution is 0.0672. The van der Waals surface area contributed by atoms with Gasteiger partial charge in [0.1, 0.15) is 5.60 Å². The summed E-state index contributed by atoms with van der Waals surface area (Å²) in [7, 11) is 0. The van der Waals surface area contributed by atoms with Gasteiger partial charge in [-0.15, -0.1) is 0 Å². The third-order valence-electron chi connectivity index (χ3n) is 7.74. The third-order valence-corrected chi connectivity index (χ3v) is 9.45. The second kappa shape index (κ2) is 11.5. The summed E-state index contributed by atoms with van der Waals surface area (Å²) >= 11 is 14.4. The van der Waals surface area contributed by atoms with Crippen molar-refractivity contribution in [1.82, 2.24) is 0 Å². The molecule has 6 rings (SSSR count). The topological polar surface area (TPSA) is 20.2 Å². The molecule has 1 N–H and O–H groups in total. The Morgan fingerprint density at radius 3 is 1.88 bits per heavy atom. The standard InChI is InChI=1S/C36H27Br2ClO/c37-33-17-9-7-15-28(33)26-19-27(23-36(40,22-26)32-16-8-10-18-35(32)39)31-20-29(24-11-3-1-4-12-24)30(21-34(31)38)25-13-5-2-6-14-25/h1-18,20-22,27,40H,19,23H2. The minimum atomic E-state index is -1.23. The van der Waals surface area contributed by atoms with Crippen LogP contribution in [0.3, 0.4) is 0 Å². The molecule has 0 amide bonds. The Balaban J connectivity index is 1.53. The molecule has 5 aromatic carbocycles. The Kier molecular flexibility index (Phi) is 7.83. The lowest BCUT2D eigenvalue weighted by atomic mass is 9.71. The van der Waals surface area contributed by atoms with Crippen molar-refractivity contribution in [2.45, 2.75) is 24.4 Å². The number of rotatable bonds is 5. The monoisotopic (exact) mass is 668 g/mol. The summed E-state index contributed by atoms with van der Waals surface area (Å²) in [5.41, 5.74) is 7.50. The fourth-order valence-electron chi connectivity index (χ4n) is 5.86. The minimum absolute atomic E-state index is 0.0371. The van der Waals surface area contributed by atoms with Gasteiger partial charge in [0.05, 0.1) is 0 Å². The van der Waals surface area contributed by atoms with E-state index in [1.165, 1.54) is 22.3 Å². The van der Waals surface area contributed by atoms with E-state index in [9.17, 15) is 5.11 Å². The maximum Gasteiger partial charge on any atom is 0.110 e. The molecule has 4 heteroatoms. The maximum absolute atomic E-state index is 12.3. The SMILES string of the molecule is OC1(c2ccccc2Cl)C=C(c2ccccc2Br)CC(c2cc(-c3ccccc3)c(-c3ccccc3)cc2Br)C1. The van der Waals surface area contributed by atoms with E-state index < -0.39 is 5.60 Å². The number of benzene rings is 5. The highest BCUT2D eigenvalue weighted by Crippen LogP contribution is 2.50. The van der Waals surface area contributed by atoms with Crippen molar-refractivity contribution in [2.75, 3.05) is 0 Å². The average Bonchev–Trinajstić information content (AvgIpc) is 2.98. The van der Waals surface area contributed by atoms with Crippen LogP contribution in [-0.2, 0) is 5.60 Å². The lowest BCUT2D eigenvalue weighted by Gasteiger charge is -2.37. The molecular weight excluding hydrogens is 644 g/mol. The van der Waals surface area contributed by atoms with Crippen molar-refractivity contribution in [3.8, 4) is 22.3 Å². The molecule has 1 aliphatic carbocycles. The molecule has 0 saturated carbocycles. The average molecular weight is 671 g/mol. The minimum Gasteiger partial charge on any atom is -0.381 e. The zero-order valence-corrected chi connectivity index (χ0v) is 25.6. The molecule has 5 aromatic rings. The molecule has 198 valence electrons. The molecule has 0 heterocycles. The molecule has 0 aliphatic heterocycles. The fraction of sp³-hybridized carbons (Fsp3) is 0.111. The van der Waals surface area contributed by atoms with Gasteiger partial charge in [-0.05, 0) is 88.1 Å². The molecule has 2 unspecified atom stereocenters. The maximum atomic E-state index is 12.3. The van der Waals surface area contributed by atoms with Crippen LogP contribution in [0.25, 0.3) is 27.8 Å². The van der Waals surface area contributed by atoms with E-state index in [1.54, 1.807) is 0 Å². The van der Waals surface area contributed by atoms with E-state index in [2.05, 4.69) is 98.6 Å². The van der Waals surface area contributed by atoms with Gasteiger partial charge in [0.2, 0.25) is 0 Å². The van der Waals surface area contributed by atoms with E-state index >= 15 is 0 Å². The van der Waals surface area contributed by atoms with Crippen LogP contribution in [0.5, 0.6) is 0 Å². The molecule has 0 aromatic heterocycles. The Labute approximate surface area is 257 Å². The quantitative estimate of drug-likeness (QED) is 0.197. The Bertz CT molecular complexity index is 1700. The first-order valence-electron chi connectivity index (χ1n) is 13.3. The molecule has 40 heavy (non-hydrogen) atoms. The van der Waals surface area contributed by atoms with Crippen LogP contribution < -0.4 is 0 Å². The van der Waals surface area contributed by atoms with Crippen LogP contribution in [0, 0.1) is 0 Å². The van der Waals surface area contributed by atoms with Gasteiger partial charge in [0.25, 0.3) is 0 Å². The summed E-state index contributed by atoms with van der Waals surface area (Å²) in [6.45, 7) is 0. The highest BCUT2D eigenvalue weighted by Gasteiger charge is 2.38. The molecule has 1 aliphatic rings. The lowest BCUT2D eigenvalue weighted by Crippen LogP contribution is -2.30. The fourth-order valence-corrected chi connectivity index (χ4v) is 7.37. The van der Waals surface area contributed by atoms with Crippen molar-refractivity contribution in [1.29, 1.82) is 0 Å². The highest BCUT2D eigenvalue weighted by molar-refractivity contribution is 9.10. The second-order valence-electron chi connectivity index (χ2n) is 10.3. The predicted octanol–water partition coefficient (Wildman–Crippen LogP) is 11.0. The van der Waals surface area contributed by atoms with E-state index in [0.29, 0.717) is 11.4 Å². The van der Waals surface area contributed by atoms with Crippen molar-refractivity contribution in [2.24, 2.45) is 0 Å². The van der Waals surface area contributed by atoms with Crippen LogP contribution in [0.15, 0.2) is 136 Å². The zero-order valence-electron chi connectivity index (χ0n) is 21.7. The van der Waals surface area contributed by atoms with Gasteiger partial charge in [-0.25, -0.2) is 0 Å². The van der Waals surface area contributed by atoms with Gasteiger partial charge >= 0.3 is 0 Å².